The second kappa shape index (κ2) is 4.78. The SMILES string of the molecule is CC(P(Cl)Cl)P(Cl)Cl. The summed E-state index contributed by atoms with van der Waals surface area (Å²) >= 11 is 22.0. The molecule has 0 radical (unpaired) electrons. The molecule has 0 aromatic carbocycles. The van der Waals surface area contributed by atoms with Gasteiger partial charge in [-0.05, 0) is 0 Å². The van der Waals surface area contributed by atoms with E-state index in [1.54, 1.807) is 0 Å². The van der Waals surface area contributed by atoms with Gasteiger partial charge < -0.3 is 0 Å². The lowest BCUT2D eigenvalue weighted by molar-refractivity contribution is 1.42. The fourth-order valence-electron chi connectivity index (χ4n) is 0.0660. The van der Waals surface area contributed by atoms with Crippen molar-refractivity contribution in [3.8, 4) is 0 Å². The van der Waals surface area contributed by atoms with Crippen molar-refractivity contribution in [2.45, 2.75) is 12.3 Å². The first kappa shape index (κ1) is 10.0. The molecule has 0 amide bonds. The smallest absolute Gasteiger partial charge is 0.0773 e. The van der Waals surface area contributed by atoms with Gasteiger partial charge in [-0.3, -0.25) is 0 Å². The van der Waals surface area contributed by atoms with Crippen molar-refractivity contribution in [3.05, 3.63) is 0 Å². The first-order valence-electron chi connectivity index (χ1n) is 1.77. The molecule has 0 rings (SSSR count). The highest BCUT2D eigenvalue weighted by Crippen LogP contribution is 2.68. The minimum atomic E-state index is -0.992. The molecule has 6 heteroatoms. The molecule has 0 N–H and O–H groups in total. The Kier molecular flexibility index (Phi) is 5.98. The van der Waals surface area contributed by atoms with Crippen LogP contribution in [0.25, 0.3) is 0 Å². The molecule has 0 nitrogen and oxygen atoms in total. The molecule has 0 aliphatic heterocycles. The summed E-state index contributed by atoms with van der Waals surface area (Å²) in [6.45, 7) is -0.139. The largest absolute Gasteiger partial charge is 0.0950 e. The minimum Gasteiger partial charge on any atom is -0.0773 e. The van der Waals surface area contributed by atoms with Gasteiger partial charge in [0, 0.05) is 0 Å². The van der Waals surface area contributed by atoms with Gasteiger partial charge in [0.1, 0.15) is 0 Å². The lowest BCUT2D eigenvalue weighted by Gasteiger charge is -2.10. The summed E-state index contributed by atoms with van der Waals surface area (Å²) in [5, 5.41) is 0.0617. The quantitative estimate of drug-likeness (QED) is 0.593. The van der Waals surface area contributed by atoms with Crippen molar-refractivity contribution in [3.63, 3.8) is 0 Å². The van der Waals surface area contributed by atoms with Crippen molar-refractivity contribution in [2.24, 2.45) is 0 Å². The number of rotatable bonds is 2. The van der Waals surface area contributed by atoms with E-state index >= 15 is 0 Å². The second-order valence-electron chi connectivity index (χ2n) is 1.15. The molecule has 0 heterocycles. The lowest BCUT2D eigenvalue weighted by atomic mass is 11.0. The predicted octanol–water partition coefficient (Wildman–Crippen LogP) is 4.91. The van der Waals surface area contributed by atoms with E-state index in [1.165, 1.54) is 0 Å². The van der Waals surface area contributed by atoms with Crippen LogP contribution in [0.2, 0.25) is 0 Å². The lowest BCUT2D eigenvalue weighted by Crippen LogP contribution is -1.80. The Hall–Kier alpha value is 2.02. The van der Waals surface area contributed by atoms with Crippen molar-refractivity contribution in [1.82, 2.24) is 0 Å². The third-order valence-corrected chi connectivity index (χ3v) is 8.23. The highest BCUT2D eigenvalue weighted by molar-refractivity contribution is 8.17. The van der Waals surface area contributed by atoms with Gasteiger partial charge in [-0.2, -0.15) is 0 Å². The Morgan fingerprint density at radius 1 is 1.00 bits per heavy atom. The topological polar surface area (TPSA) is 0 Å². The van der Waals surface area contributed by atoms with E-state index in [-0.39, 0.29) is 5.40 Å². The van der Waals surface area contributed by atoms with E-state index in [9.17, 15) is 0 Å². The Morgan fingerprint density at radius 2 is 1.25 bits per heavy atom. The zero-order valence-electron chi connectivity index (χ0n) is 3.98. The van der Waals surface area contributed by atoms with Crippen molar-refractivity contribution in [1.29, 1.82) is 0 Å². The molecule has 0 unspecified atom stereocenters. The summed E-state index contributed by atoms with van der Waals surface area (Å²) in [4.78, 5) is 0. The van der Waals surface area contributed by atoms with Crippen LogP contribution in [0.4, 0.5) is 0 Å². The number of halogens is 4. The summed E-state index contributed by atoms with van der Waals surface area (Å²) < 4.78 is 0. The first-order valence-corrected chi connectivity index (χ1v) is 8.21. The molecule has 0 aromatic rings. The van der Waals surface area contributed by atoms with Gasteiger partial charge in [0.2, 0.25) is 0 Å². The van der Waals surface area contributed by atoms with Gasteiger partial charge in [-0.25, -0.2) is 0 Å². The van der Waals surface area contributed by atoms with E-state index in [0.717, 1.165) is 0 Å². The molecular formula is C2H4Cl4P2. The van der Waals surface area contributed by atoms with Crippen LogP contribution in [0, 0.1) is 0 Å². The van der Waals surface area contributed by atoms with E-state index in [2.05, 4.69) is 0 Å². The van der Waals surface area contributed by atoms with E-state index in [0.29, 0.717) is 0 Å². The van der Waals surface area contributed by atoms with Gasteiger partial charge in [0.05, 0.1) is 18.7 Å². The molecule has 8 heavy (non-hydrogen) atoms. The van der Waals surface area contributed by atoms with Crippen LogP contribution in [-0.2, 0) is 0 Å². The number of hydrogen-bond acceptors (Lipinski definition) is 0. The van der Waals surface area contributed by atoms with Gasteiger partial charge >= 0.3 is 0 Å². The molecule has 0 bridgehead atoms. The average Bonchev–Trinajstić information content (AvgIpc) is 1.64. The van der Waals surface area contributed by atoms with Gasteiger partial charge in [-0.15, -0.1) is 0 Å². The van der Waals surface area contributed by atoms with Crippen LogP contribution < -0.4 is 0 Å². The molecule has 0 spiro atoms. The van der Waals surface area contributed by atoms with Gasteiger partial charge in [0.15, 0.2) is 0 Å². The Labute approximate surface area is 70.5 Å². The van der Waals surface area contributed by atoms with Gasteiger partial charge in [0.25, 0.3) is 0 Å². The summed E-state index contributed by atoms with van der Waals surface area (Å²) in [5.41, 5.74) is 0. The highest BCUT2D eigenvalue weighted by Gasteiger charge is 2.18. The first-order chi connectivity index (χ1) is 3.55. The van der Waals surface area contributed by atoms with E-state index < -0.39 is 13.3 Å². The zero-order chi connectivity index (χ0) is 6.73. The molecule has 0 atom stereocenters. The van der Waals surface area contributed by atoms with Crippen LogP contribution in [0.15, 0.2) is 0 Å². The molecule has 50 valence electrons. The average molecular weight is 232 g/mol. The molecule has 0 saturated carbocycles. The molecule has 0 saturated heterocycles. The molecule has 0 fully saturated rings. The summed E-state index contributed by atoms with van der Waals surface area (Å²) in [6, 6.07) is 0. The van der Waals surface area contributed by atoms with Crippen LogP contribution in [0.1, 0.15) is 6.92 Å². The zero-order valence-corrected chi connectivity index (χ0v) is 8.80. The molecule has 0 aromatic heterocycles. The maximum Gasteiger partial charge on any atom is 0.0950 e. The third kappa shape index (κ3) is 3.94. The Bertz CT molecular complexity index is 57.1. The van der Waals surface area contributed by atoms with Crippen LogP contribution >= 0.6 is 58.2 Å². The Morgan fingerprint density at radius 3 is 1.25 bits per heavy atom. The van der Waals surface area contributed by atoms with Gasteiger partial charge in [-0.1, -0.05) is 51.9 Å². The van der Waals surface area contributed by atoms with Crippen molar-refractivity contribution in [2.75, 3.05) is 0 Å². The summed E-state index contributed by atoms with van der Waals surface area (Å²) in [6.07, 6.45) is 0. The number of hydrogen-bond donors (Lipinski definition) is 0. The summed E-state index contributed by atoms with van der Waals surface area (Å²) in [7, 11) is 0. The fourth-order valence-corrected chi connectivity index (χ4v) is 5.34. The van der Waals surface area contributed by atoms with Crippen LogP contribution in [-0.4, -0.2) is 5.40 Å². The van der Waals surface area contributed by atoms with Crippen LogP contribution in [0.5, 0.6) is 0 Å². The Balaban J connectivity index is 3.46. The normalized spacial score (nSPS) is 12.0. The second-order valence-corrected chi connectivity index (χ2v) is 9.55. The van der Waals surface area contributed by atoms with Crippen molar-refractivity contribution >= 4 is 58.2 Å². The maximum absolute atomic E-state index is 5.50. The predicted molar refractivity (Wildman–Crippen MR) is 46.7 cm³/mol. The fraction of sp³-hybridized carbons (Fsp3) is 1.00. The minimum absolute atomic E-state index is 0.0617. The van der Waals surface area contributed by atoms with E-state index in [4.69, 9.17) is 45.0 Å². The molecule has 0 aliphatic carbocycles. The summed E-state index contributed by atoms with van der Waals surface area (Å²) in [5.74, 6) is 0. The maximum atomic E-state index is 5.50. The van der Waals surface area contributed by atoms with E-state index in [1.807, 2.05) is 6.92 Å². The third-order valence-electron chi connectivity index (χ3n) is 0.565. The molecular weight excluding hydrogens is 228 g/mol. The van der Waals surface area contributed by atoms with Crippen LogP contribution in [0.3, 0.4) is 0 Å². The monoisotopic (exact) mass is 230 g/mol. The van der Waals surface area contributed by atoms with Crippen molar-refractivity contribution < 1.29 is 0 Å². The highest BCUT2D eigenvalue weighted by atomic mass is 35.9. The molecule has 0 aliphatic rings. The standard InChI is InChI=1S/C2H4Cl4P2/c1-2(7(3)4)8(5)6/h2H,1H3.